The van der Waals surface area contributed by atoms with E-state index in [-0.39, 0.29) is 13.3 Å². The summed E-state index contributed by atoms with van der Waals surface area (Å²) in [7, 11) is 0. The summed E-state index contributed by atoms with van der Waals surface area (Å²) in [5, 5.41) is 16.2. The average Bonchev–Trinajstić information content (AvgIpc) is 2.15. The molecule has 4 N–H and O–H groups in total. The molecule has 0 aromatic rings. The quantitative estimate of drug-likeness (QED) is 0.639. The molecule has 0 aliphatic rings. The van der Waals surface area contributed by atoms with Crippen LogP contribution in [0.1, 0.15) is 35.1 Å². The van der Waals surface area contributed by atoms with E-state index in [1.165, 1.54) is 0 Å². The second-order valence-corrected chi connectivity index (χ2v) is 3.93. The van der Waals surface area contributed by atoms with Crippen molar-refractivity contribution in [3.63, 3.8) is 0 Å². The van der Waals surface area contributed by atoms with Gasteiger partial charge in [0, 0.05) is 5.92 Å². The van der Waals surface area contributed by atoms with Gasteiger partial charge in [0.2, 0.25) is 5.78 Å². The van der Waals surface area contributed by atoms with Crippen molar-refractivity contribution in [3.8, 4) is 0 Å². The lowest BCUT2D eigenvalue weighted by Gasteiger charge is -2.07. The van der Waals surface area contributed by atoms with Crippen LogP contribution in [0.15, 0.2) is 0 Å². The first-order valence-corrected chi connectivity index (χ1v) is 4.86. The van der Waals surface area contributed by atoms with E-state index >= 15 is 0 Å². The van der Waals surface area contributed by atoms with Crippen LogP contribution in [0.25, 0.3) is 0 Å². The third kappa shape index (κ3) is 10.8. The maximum Gasteiger partial charge on any atom is 0.372 e. The van der Waals surface area contributed by atoms with E-state index in [0.717, 1.165) is 0 Å². The van der Waals surface area contributed by atoms with E-state index in [0.29, 0.717) is 0 Å². The van der Waals surface area contributed by atoms with Gasteiger partial charge in [-0.3, -0.25) is 9.59 Å². The Morgan fingerprint density at radius 3 is 1.35 bits per heavy atom. The number of carboxylic acid groups (broad SMARTS) is 2. The van der Waals surface area contributed by atoms with Gasteiger partial charge in [0.05, 0.1) is 0 Å². The topological polar surface area (TPSA) is 118 Å². The van der Waals surface area contributed by atoms with Gasteiger partial charge in [-0.25, -0.2) is 4.79 Å². The number of hydrogen-bond donors (Lipinski definition) is 3. The number of aliphatic carboxylic acids is 2. The number of nitrogens with two attached hydrogens (primary N) is 1. The number of ketones is 1. The van der Waals surface area contributed by atoms with Crippen LogP contribution >= 0.6 is 0 Å². The first kappa shape index (κ1) is 20.9. The Morgan fingerprint density at radius 2 is 1.35 bits per heavy atom. The van der Waals surface area contributed by atoms with E-state index in [1.807, 2.05) is 0 Å². The summed E-state index contributed by atoms with van der Waals surface area (Å²) in [6.45, 7) is 6.66. The number of rotatable bonds is 4. The first-order valence-electron chi connectivity index (χ1n) is 4.86. The van der Waals surface area contributed by atoms with Gasteiger partial charge >= 0.3 is 11.9 Å². The van der Waals surface area contributed by atoms with Gasteiger partial charge in [-0.1, -0.05) is 35.1 Å². The molecule has 0 fully saturated rings. The SMILES string of the molecule is C.CC(C)C(=O)C(=O)O.CC(C)C(N)C(=O)O. The predicted molar refractivity (Wildman–Crippen MR) is 64.7 cm³/mol. The molecule has 0 aromatic heterocycles. The van der Waals surface area contributed by atoms with Crippen LogP contribution in [0.2, 0.25) is 0 Å². The minimum atomic E-state index is -1.35. The average molecular weight is 249 g/mol. The lowest BCUT2D eigenvalue weighted by Crippen LogP contribution is -2.34. The summed E-state index contributed by atoms with van der Waals surface area (Å²) >= 11 is 0. The number of carbonyl (C=O) groups excluding carboxylic acids is 1. The normalized spacial score (nSPS) is 11.0. The molecule has 17 heavy (non-hydrogen) atoms. The van der Waals surface area contributed by atoms with Gasteiger partial charge < -0.3 is 15.9 Å². The fourth-order valence-corrected chi connectivity index (χ4v) is 0.532. The molecule has 0 spiro atoms. The van der Waals surface area contributed by atoms with Crippen molar-refractivity contribution in [2.75, 3.05) is 0 Å². The Hall–Kier alpha value is -1.43. The predicted octanol–water partition coefficient (Wildman–Crippen LogP) is 0.987. The molecule has 0 aliphatic heterocycles. The molecule has 6 nitrogen and oxygen atoms in total. The van der Waals surface area contributed by atoms with Gasteiger partial charge in [0.1, 0.15) is 6.04 Å². The highest BCUT2D eigenvalue weighted by molar-refractivity contribution is 6.33. The van der Waals surface area contributed by atoms with Crippen molar-refractivity contribution in [1.29, 1.82) is 0 Å². The smallest absolute Gasteiger partial charge is 0.372 e. The Labute approximate surface area is 102 Å². The molecule has 0 bridgehead atoms. The van der Waals surface area contributed by atoms with Crippen LogP contribution in [0.4, 0.5) is 0 Å². The largest absolute Gasteiger partial charge is 0.480 e. The van der Waals surface area contributed by atoms with E-state index in [2.05, 4.69) is 0 Å². The molecule has 0 rings (SSSR count). The van der Waals surface area contributed by atoms with E-state index in [9.17, 15) is 14.4 Å². The molecule has 0 saturated carbocycles. The monoisotopic (exact) mass is 249 g/mol. The molecular weight excluding hydrogens is 226 g/mol. The number of carbonyl (C=O) groups is 3. The molecule has 0 heterocycles. The lowest BCUT2D eigenvalue weighted by molar-refractivity contribution is -0.150. The molecule has 1 atom stereocenters. The molecule has 1 unspecified atom stereocenters. The van der Waals surface area contributed by atoms with Crippen molar-refractivity contribution in [3.05, 3.63) is 0 Å². The molecular formula is C11H23NO5. The maximum atomic E-state index is 10.2. The number of carboxylic acids is 2. The Balaban J connectivity index is -0.000000218. The fourth-order valence-electron chi connectivity index (χ4n) is 0.532. The van der Waals surface area contributed by atoms with E-state index < -0.39 is 29.7 Å². The zero-order valence-corrected chi connectivity index (χ0v) is 9.93. The molecule has 0 aliphatic carbocycles. The first-order chi connectivity index (χ1) is 7.11. The lowest BCUT2D eigenvalue weighted by atomic mass is 10.1. The number of hydrogen-bond acceptors (Lipinski definition) is 4. The minimum absolute atomic E-state index is 0. The molecule has 102 valence electrons. The van der Waals surface area contributed by atoms with Gasteiger partial charge in [-0.15, -0.1) is 0 Å². The summed E-state index contributed by atoms with van der Waals surface area (Å²) in [6, 6.07) is -0.713. The highest BCUT2D eigenvalue weighted by Crippen LogP contribution is 1.96. The van der Waals surface area contributed by atoms with Crippen molar-refractivity contribution >= 4 is 17.7 Å². The van der Waals surface area contributed by atoms with Crippen LogP contribution in [0.3, 0.4) is 0 Å². The van der Waals surface area contributed by atoms with Gasteiger partial charge in [0.15, 0.2) is 0 Å². The molecule has 0 radical (unpaired) electrons. The second-order valence-electron chi connectivity index (χ2n) is 3.93. The summed E-state index contributed by atoms with van der Waals surface area (Å²) in [4.78, 5) is 30.0. The minimum Gasteiger partial charge on any atom is -0.480 e. The van der Waals surface area contributed by atoms with Crippen molar-refractivity contribution < 1.29 is 24.6 Å². The second kappa shape index (κ2) is 9.77. The molecule has 6 heteroatoms. The van der Waals surface area contributed by atoms with Gasteiger partial charge in [-0.2, -0.15) is 0 Å². The zero-order valence-electron chi connectivity index (χ0n) is 9.93. The molecule has 0 amide bonds. The van der Waals surface area contributed by atoms with Crippen molar-refractivity contribution in [1.82, 2.24) is 0 Å². The highest BCUT2D eigenvalue weighted by atomic mass is 16.4. The Morgan fingerprint density at radius 1 is 1.00 bits per heavy atom. The number of Topliss-reactive ketones (excluding diaryl/α,β-unsaturated/α-hetero) is 1. The third-order valence-electron chi connectivity index (χ3n) is 1.74. The molecule has 0 aromatic carbocycles. The van der Waals surface area contributed by atoms with Crippen LogP contribution in [-0.2, 0) is 14.4 Å². The van der Waals surface area contributed by atoms with Crippen LogP contribution in [0.5, 0.6) is 0 Å². The fraction of sp³-hybridized carbons (Fsp3) is 0.727. The van der Waals surface area contributed by atoms with Crippen LogP contribution in [0, 0.1) is 11.8 Å². The van der Waals surface area contributed by atoms with E-state index in [4.69, 9.17) is 15.9 Å². The highest BCUT2D eigenvalue weighted by Gasteiger charge is 2.14. The van der Waals surface area contributed by atoms with Gasteiger partial charge in [0.25, 0.3) is 0 Å². The van der Waals surface area contributed by atoms with E-state index in [1.54, 1.807) is 27.7 Å². The maximum absolute atomic E-state index is 10.2. The van der Waals surface area contributed by atoms with Crippen LogP contribution < -0.4 is 5.73 Å². The Kier molecular flexibility index (Phi) is 12.0. The van der Waals surface area contributed by atoms with Gasteiger partial charge in [-0.05, 0) is 5.92 Å². The summed E-state index contributed by atoms with van der Waals surface area (Å²) in [6.07, 6.45) is 0. The summed E-state index contributed by atoms with van der Waals surface area (Å²) < 4.78 is 0. The van der Waals surface area contributed by atoms with Crippen molar-refractivity contribution in [2.24, 2.45) is 17.6 Å². The summed E-state index contributed by atoms with van der Waals surface area (Å²) in [5.74, 6) is -3.38. The van der Waals surface area contributed by atoms with Crippen molar-refractivity contribution in [2.45, 2.75) is 41.2 Å². The standard InChI is InChI=1S/C5H11NO2.C5H8O3.CH4/c2*1-3(2)4(6)5(7)8;/h3-4H,6H2,1-2H3,(H,7,8);3H,1-2H3,(H,7,8);1H4. The third-order valence-corrected chi connectivity index (χ3v) is 1.74. The molecule has 0 saturated heterocycles. The Bertz CT molecular complexity index is 261. The summed E-state index contributed by atoms with van der Waals surface area (Å²) in [5.41, 5.74) is 5.16. The zero-order chi connectivity index (χ0) is 13.5. The van der Waals surface area contributed by atoms with Crippen LogP contribution in [-0.4, -0.2) is 34.0 Å².